The number of ether oxygens (including phenoxy) is 2. The van der Waals surface area contributed by atoms with Gasteiger partial charge in [0.05, 0.1) is 46.8 Å². The Hall–Kier alpha value is -8.60. The van der Waals surface area contributed by atoms with Gasteiger partial charge in [-0.1, -0.05) is 48.5 Å². The van der Waals surface area contributed by atoms with Crippen molar-refractivity contribution in [3.8, 4) is 0 Å². The third-order valence-corrected chi connectivity index (χ3v) is 9.00. The molecule has 8 N–H and O–H groups in total. The Bertz CT molecular complexity index is 2250. The molecule has 0 aliphatic rings. The van der Waals surface area contributed by atoms with Crippen molar-refractivity contribution in [3.63, 3.8) is 0 Å². The Morgan fingerprint density at radius 3 is 0.803 bits per heavy atom. The molecule has 0 saturated heterocycles. The molecule has 0 unspecified atom stereocenters. The molecule has 66 heavy (non-hydrogen) atoms. The van der Waals surface area contributed by atoms with E-state index in [2.05, 4.69) is 98.2 Å². The highest BCUT2D eigenvalue weighted by molar-refractivity contribution is 5.72. The second kappa shape index (κ2) is 26.1. The Balaban J connectivity index is 0.000000518. The first-order valence-electron chi connectivity index (χ1n) is 19.5. The van der Waals surface area contributed by atoms with E-state index in [0.717, 1.165) is 107 Å². The highest BCUT2D eigenvalue weighted by atomic mass is 16.9. The maximum absolute atomic E-state index is 8.25. The topological polar surface area (TPSA) is 409 Å². The molecular weight excluding hydrogens is 877 g/mol. The van der Waals surface area contributed by atoms with E-state index in [4.69, 9.17) is 70.8 Å². The van der Waals surface area contributed by atoms with Gasteiger partial charge in [-0.2, -0.15) is 0 Å². The number of para-hydroxylation sites is 8. The van der Waals surface area contributed by atoms with Gasteiger partial charge in [0.15, 0.2) is 44.1 Å². The van der Waals surface area contributed by atoms with Crippen LogP contribution in [0.25, 0.3) is 44.1 Å². The smallest absolute Gasteiger partial charge is 0.267 e. The Kier molecular flexibility index (Phi) is 19.8. The molecule has 0 spiro atoms. The predicted octanol–water partition coefficient (Wildman–Crippen LogP) is 2.65. The zero-order chi connectivity index (χ0) is 47.8. The number of benzene rings is 4. The Labute approximate surface area is 370 Å². The number of imidazole rings is 4. The minimum Gasteiger partial charge on any atom is -0.378 e. The fraction of sp³-hybridized carbons (Fsp3) is 0.263. The number of nitrogens with zero attached hydrogens (tertiary/aromatic N) is 6. The summed E-state index contributed by atoms with van der Waals surface area (Å²) in [6.07, 6.45) is 0. The molecule has 0 bridgehead atoms. The van der Waals surface area contributed by atoms with E-state index in [-0.39, 0.29) is 0 Å². The van der Waals surface area contributed by atoms with E-state index >= 15 is 0 Å². The number of aromatic nitrogens is 8. The summed E-state index contributed by atoms with van der Waals surface area (Å²) < 4.78 is 12.2. The molecule has 0 radical (unpaired) electrons. The van der Waals surface area contributed by atoms with Gasteiger partial charge < -0.3 is 70.8 Å². The van der Waals surface area contributed by atoms with Crippen molar-refractivity contribution >= 4 is 44.1 Å². The third-order valence-electron chi connectivity index (χ3n) is 9.00. The molecule has 4 aromatic carbocycles. The summed E-state index contributed by atoms with van der Waals surface area (Å²) in [5, 5.41) is 59.0. The largest absolute Gasteiger partial charge is 0.378 e. The van der Waals surface area contributed by atoms with Crippen LogP contribution < -0.4 is 19.9 Å². The van der Waals surface area contributed by atoms with Crippen LogP contribution in [0.3, 0.4) is 0 Å². The molecule has 0 aliphatic carbocycles. The summed E-state index contributed by atoms with van der Waals surface area (Å²) in [5.74, 6) is 4.24. The van der Waals surface area contributed by atoms with Gasteiger partial charge in [-0.05, 0) is 48.5 Å². The number of H-pyrrole nitrogens is 8. The highest BCUT2D eigenvalue weighted by Crippen LogP contribution is 2.13. The van der Waals surface area contributed by atoms with Gasteiger partial charge in [0.25, 0.3) is 23.3 Å². The van der Waals surface area contributed by atoms with Gasteiger partial charge in [0.2, 0.25) is 0 Å². The summed E-state index contributed by atoms with van der Waals surface area (Å²) in [6, 6.07) is 33.1. The lowest BCUT2D eigenvalue weighted by molar-refractivity contribution is -0.403. The summed E-state index contributed by atoms with van der Waals surface area (Å²) in [6.45, 7) is 6.73. The first-order chi connectivity index (χ1) is 31.6. The van der Waals surface area contributed by atoms with Crippen molar-refractivity contribution in [2.45, 2.75) is 26.2 Å². The van der Waals surface area contributed by atoms with E-state index in [1.807, 2.05) is 48.5 Å². The molecular formula is C38H44N14O14. The van der Waals surface area contributed by atoms with Gasteiger partial charge in [0, 0.05) is 13.1 Å². The molecule has 4 heterocycles. The van der Waals surface area contributed by atoms with Gasteiger partial charge in [-0.3, -0.25) is 9.80 Å². The molecule has 28 heteroatoms. The van der Waals surface area contributed by atoms with Crippen molar-refractivity contribution in [1.82, 2.24) is 29.7 Å². The average molecular weight is 921 g/mol. The second-order valence-electron chi connectivity index (χ2n) is 13.6. The van der Waals surface area contributed by atoms with Gasteiger partial charge in [-0.25, -0.2) is 39.9 Å². The zero-order valence-corrected chi connectivity index (χ0v) is 34.7. The normalized spacial score (nSPS) is 10.6. The molecule has 8 rings (SSSR count). The Morgan fingerprint density at radius 2 is 0.591 bits per heavy atom. The molecule has 4 aromatic heterocycles. The highest BCUT2D eigenvalue weighted by Gasteiger charge is 2.21. The fourth-order valence-corrected chi connectivity index (χ4v) is 6.58. The minimum absolute atomic E-state index is 0.538. The minimum atomic E-state index is -1.75. The summed E-state index contributed by atoms with van der Waals surface area (Å²) in [5.41, 5.74) is 8.82. The van der Waals surface area contributed by atoms with Crippen LogP contribution in [-0.2, 0) is 35.7 Å². The van der Waals surface area contributed by atoms with Crippen molar-refractivity contribution in [2.24, 2.45) is 0 Å². The summed E-state index contributed by atoms with van der Waals surface area (Å²) in [7, 11) is 0. The molecule has 0 fully saturated rings. The third kappa shape index (κ3) is 18.4. The summed E-state index contributed by atoms with van der Waals surface area (Å²) in [4.78, 5) is 65.9. The standard InChI is InChI=1S/C38H40N10O2.4NO3/c1-2-10-28-27(9-1)39-35(40-28)23-47(24-36-41-29-11-3-4-12-30(29)42-36)17-19-49-21-22-50-20-18-48(25-37-43-31-13-5-6-14-32(31)44-37)26-38-45-33-15-7-8-16-34(33)46-38;4*2-1(3)4/h1-16H,17-26H2,(H,39,40)(H,41,42)(H,43,44)(H,45,46);;;;/q;4*-1/p+4. The predicted molar refractivity (Wildman–Crippen MR) is 231 cm³/mol. The van der Waals surface area contributed by atoms with E-state index in [0.29, 0.717) is 26.4 Å². The number of hydrogen-bond donors (Lipinski definition) is 4. The SMILES string of the molecule is O=[N+]([O-])[O-].O=[N+]([O-])[O-].O=[N+]([O-])[O-].O=[N+]([O-])[O-].c1ccc2[nH+]c(CN(CCOCCOCCN(Cc3[nH]c4ccccc4[nH+]3)Cc3[nH]c4ccccc4[nH+]3)Cc3[nH]c4ccccc4[nH+]3)[nH]c2c1. The van der Waals surface area contributed by atoms with Crippen LogP contribution in [-0.4, -0.2) is 89.6 Å². The molecule has 8 aromatic rings. The van der Waals surface area contributed by atoms with Crippen LogP contribution in [0.4, 0.5) is 0 Å². The van der Waals surface area contributed by atoms with E-state index in [1.165, 1.54) is 0 Å². The van der Waals surface area contributed by atoms with Gasteiger partial charge in [0.1, 0.15) is 26.2 Å². The molecule has 28 nitrogen and oxygen atoms in total. The fourth-order valence-electron chi connectivity index (χ4n) is 6.58. The van der Waals surface area contributed by atoms with Crippen LogP contribution in [0.1, 0.15) is 23.3 Å². The van der Waals surface area contributed by atoms with Crippen molar-refractivity contribution in [1.29, 1.82) is 0 Å². The number of aromatic amines is 8. The maximum atomic E-state index is 8.25. The summed E-state index contributed by atoms with van der Waals surface area (Å²) >= 11 is 0. The number of hydrogen-bond acceptors (Lipinski definition) is 16. The number of rotatable bonds is 17. The molecule has 0 saturated carbocycles. The quantitative estimate of drug-likeness (QED) is 0.0579. The van der Waals surface area contributed by atoms with Crippen LogP contribution in [0.5, 0.6) is 0 Å². The first kappa shape index (κ1) is 50.0. The van der Waals surface area contributed by atoms with Gasteiger partial charge >= 0.3 is 0 Å². The lowest BCUT2D eigenvalue weighted by Crippen LogP contribution is -2.32. The molecule has 350 valence electrons. The monoisotopic (exact) mass is 920 g/mol. The van der Waals surface area contributed by atoms with Crippen molar-refractivity contribution in [2.75, 3.05) is 39.5 Å². The van der Waals surface area contributed by atoms with Crippen LogP contribution >= 0.6 is 0 Å². The van der Waals surface area contributed by atoms with Crippen molar-refractivity contribution < 1.29 is 49.8 Å². The number of fused-ring (bicyclic) bond motifs is 4. The zero-order valence-electron chi connectivity index (χ0n) is 34.7. The van der Waals surface area contributed by atoms with E-state index in [9.17, 15) is 0 Å². The lowest BCUT2D eigenvalue weighted by Gasteiger charge is -2.18. The first-order valence-corrected chi connectivity index (χ1v) is 19.5. The molecule has 0 atom stereocenters. The Morgan fingerprint density at radius 1 is 0.379 bits per heavy atom. The lowest BCUT2D eigenvalue weighted by atomic mass is 10.3. The van der Waals surface area contributed by atoms with Crippen molar-refractivity contribution in [3.05, 3.63) is 182 Å². The maximum Gasteiger partial charge on any atom is 0.267 e. The van der Waals surface area contributed by atoms with E-state index in [1.54, 1.807) is 0 Å². The van der Waals surface area contributed by atoms with Crippen LogP contribution in [0.15, 0.2) is 97.1 Å². The average Bonchev–Trinajstić information content (AvgIpc) is 4.04. The molecule has 0 aliphatic heterocycles. The number of nitrogens with one attached hydrogen (secondary N) is 8. The van der Waals surface area contributed by atoms with E-state index < -0.39 is 20.3 Å². The van der Waals surface area contributed by atoms with Gasteiger partial charge in [-0.15, -0.1) is 0 Å². The molecule has 0 amide bonds. The van der Waals surface area contributed by atoms with Crippen LogP contribution in [0.2, 0.25) is 0 Å². The van der Waals surface area contributed by atoms with Crippen LogP contribution in [0, 0.1) is 61.3 Å². The second-order valence-corrected chi connectivity index (χ2v) is 13.6.